The molecule has 5 atom stereocenters. The Labute approximate surface area is 152 Å². The largest absolute Gasteiger partial charge is 0.460 e. The topological polar surface area (TPSA) is 46.5 Å². The maximum atomic E-state index is 11.6. The Hall–Kier alpha value is -1.35. The van der Waals surface area contributed by atoms with E-state index in [1.807, 2.05) is 6.08 Å². The van der Waals surface area contributed by atoms with Gasteiger partial charge in [-0.15, -0.1) is 0 Å². The van der Waals surface area contributed by atoms with Crippen molar-refractivity contribution in [1.82, 2.24) is 0 Å². The minimum absolute atomic E-state index is 0.0455. The molecule has 140 valence electrons. The molecule has 3 nitrogen and oxygen atoms in total. The molecule has 1 N–H and O–H groups in total. The number of rotatable bonds is 4. The van der Waals surface area contributed by atoms with E-state index in [1.54, 1.807) is 0 Å². The Balaban J connectivity index is 2.41. The van der Waals surface area contributed by atoms with Crippen molar-refractivity contribution >= 4 is 5.97 Å². The summed E-state index contributed by atoms with van der Waals surface area (Å²) in [6.07, 6.45) is 6.66. The summed E-state index contributed by atoms with van der Waals surface area (Å²) < 4.78 is 5.53. The summed E-state index contributed by atoms with van der Waals surface area (Å²) >= 11 is 0. The molecule has 0 aromatic heterocycles. The van der Waals surface area contributed by atoms with E-state index in [0.717, 1.165) is 19.3 Å². The standard InChI is InChI=1S/C22H34O3/c1-8-14(2)9-11-17-15(3)10-12-19-21(5,6)20(24)18(25-16(4)23)13-22(17,19)7/h8-9,17-20,24H,1,3,10-13H2,2,4-7H3/b14-9+/t17-,18+,19+,20-,22+/m0/s1. The molecule has 2 rings (SSSR count). The zero-order valence-corrected chi connectivity index (χ0v) is 16.5. The van der Waals surface area contributed by atoms with E-state index in [9.17, 15) is 9.90 Å². The lowest BCUT2D eigenvalue weighted by molar-refractivity contribution is -0.199. The van der Waals surface area contributed by atoms with Crippen LogP contribution in [-0.2, 0) is 9.53 Å². The monoisotopic (exact) mass is 346 g/mol. The third-order valence-electron chi connectivity index (χ3n) is 6.81. The number of carbonyl (C=O) groups excluding carboxylic acids is 1. The van der Waals surface area contributed by atoms with Gasteiger partial charge in [0, 0.05) is 6.92 Å². The van der Waals surface area contributed by atoms with Gasteiger partial charge in [0.05, 0.1) is 6.10 Å². The quantitative estimate of drug-likeness (QED) is 0.451. The SMILES string of the molecule is C=C/C(C)=C/C[C@H]1C(=C)CC[C@@H]2C(C)(C)[C@@H](O)[C@H](OC(C)=O)C[C@@]21C. The second-order valence-corrected chi connectivity index (χ2v) is 8.81. The lowest BCUT2D eigenvalue weighted by Gasteiger charge is -2.61. The van der Waals surface area contributed by atoms with Gasteiger partial charge in [0.1, 0.15) is 6.10 Å². The highest BCUT2D eigenvalue weighted by Crippen LogP contribution is 2.62. The normalized spacial score (nSPS) is 38.0. The predicted octanol–water partition coefficient (Wildman–Crippen LogP) is 4.82. The van der Waals surface area contributed by atoms with Crippen LogP contribution in [0.2, 0.25) is 0 Å². The van der Waals surface area contributed by atoms with Crippen LogP contribution in [0, 0.1) is 22.7 Å². The van der Waals surface area contributed by atoms with Crippen molar-refractivity contribution in [2.75, 3.05) is 0 Å². The zero-order chi connectivity index (χ0) is 19.0. The number of allylic oxidation sites excluding steroid dienone is 4. The average Bonchev–Trinajstić information content (AvgIpc) is 2.50. The summed E-state index contributed by atoms with van der Waals surface area (Å²) in [5.41, 5.74) is 2.10. The van der Waals surface area contributed by atoms with Gasteiger partial charge in [-0.05, 0) is 55.3 Å². The molecule has 2 aliphatic carbocycles. The van der Waals surface area contributed by atoms with Crippen LogP contribution in [-0.4, -0.2) is 23.3 Å². The van der Waals surface area contributed by atoms with Crippen molar-refractivity contribution in [2.45, 2.75) is 72.5 Å². The molecular weight excluding hydrogens is 312 g/mol. The molecule has 0 bridgehead atoms. The van der Waals surface area contributed by atoms with Crippen LogP contribution >= 0.6 is 0 Å². The third kappa shape index (κ3) is 3.62. The molecule has 0 saturated heterocycles. The van der Waals surface area contributed by atoms with Crippen molar-refractivity contribution < 1.29 is 14.6 Å². The number of hydrogen-bond donors (Lipinski definition) is 1. The smallest absolute Gasteiger partial charge is 0.302 e. The van der Waals surface area contributed by atoms with Crippen LogP contribution in [0.15, 0.2) is 36.5 Å². The summed E-state index contributed by atoms with van der Waals surface area (Å²) in [5.74, 6) is 0.371. The molecule has 2 fully saturated rings. The van der Waals surface area contributed by atoms with Crippen molar-refractivity contribution in [3.05, 3.63) is 36.5 Å². The van der Waals surface area contributed by atoms with Crippen LogP contribution in [0.4, 0.5) is 0 Å². The van der Waals surface area contributed by atoms with Crippen molar-refractivity contribution in [1.29, 1.82) is 0 Å². The molecule has 3 heteroatoms. The van der Waals surface area contributed by atoms with Gasteiger partial charge in [-0.2, -0.15) is 0 Å². The maximum absolute atomic E-state index is 11.6. The highest BCUT2D eigenvalue weighted by Gasteiger charge is 2.59. The first-order chi connectivity index (χ1) is 11.5. The first kappa shape index (κ1) is 20.0. The van der Waals surface area contributed by atoms with Crippen molar-refractivity contribution in [3.8, 4) is 0 Å². The summed E-state index contributed by atoms with van der Waals surface area (Å²) in [6.45, 7) is 18.2. The molecule has 0 amide bonds. The van der Waals surface area contributed by atoms with Crippen LogP contribution in [0.25, 0.3) is 0 Å². The van der Waals surface area contributed by atoms with Crippen molar-refractivity contribution in [3.63, 3.8) is 0 Å². The summed E-state index contributed by atoms with van der Waals surface area (Å²) in [4.78, 5) is 11.6. The Kier molecular flexibility index (Phi) is 5.68. The molecule has 0 radical (unpaired) electrons. The summed E-state index contributed by atoms with van der Waals surface area (Å²) in [6, 6.07) is 0. The number of hydrogen-bond acceptors (Lipinski definition) is 3. The Morgan fingerprint density at radius 3 is 2.56 bits per heavy atom. The number of fused-ring (bicyclic) bond motifs is 1. The Morgan fingerprint density at radius 2 is 2.00 bits per heavy atom. The van der Waals surface area contributed by atoms with Crippen LogP contribution in [0.3, 0.4) is 0 Å². The first-order valence-electron chi connectivity index (χ1n) is 9.36. The number of esters is 1. The highest BCUT2D eigenvalue weighted by atomic mass is 16.6. The number of aliphatic hydroxyl groups is 1. The molecule has 0 aliphatic heterocycles. The lowest BCUT2D eigenvalue weighted by Crippen LogP contribution is -2.60. The van der Waals surface area contributed by atoms with E-state index in [-0.39, 0.29) is 16.8 Å². The molecule has 2 saturated carbocycles. The fourth-order valence-electron chi connectivity index (χ4n) is 5.42. The molecule has 25 heavy (non-hydrogen) atoms. The van der Waals surface area contributed by atoms with Crippen LogP contribution in [0.5, 0.6) is 0 Å². The van der Waals surface area contributed by atoms with E-state index < -0.39 is 12.2 Å². The Bertz CT molecular complexity index is 586. The van der Waals surface area contributed by atoms with Gasteiger partial charge in [-0.3, -0.25) is 4.79 Å². The Morgan fingerprint density at radius 1 is 1.36 bits per heavy atom. The third-order valence-corrected chi connectivity index (χ3v) is 6.81. The van der Waals surface area contributed by atoms with E-state index in [4.69, 9.17) is 4.74 Å². The van der Waals surface area contributed by atoms with Crippen LogP contribution in [0.1, 0.15) is 60.3 Å². The van der Waals surface area contributed by atoms with Gasteiger partial charge in [0.25, 0.3) is 0 Å². The zero-order valence-electron chi connectivity index (χ0n) is 16.5. The molecule has 0 aromatic rings. The maximum Gasteiger partial charge on any atom is 0.302 e. The average molecular weight is 347 g/mol. The minimum atomic E-state index is -0.632. The lowest BCUT2D eigenvalue weighted by atomic mass is 9.46. The predicted molar refractivity (Wildman–Crippen MR) is 102 cm³/mol. The molecule has 0 aromatic carbocycles. The molecule has 0 unspecified atom stereocenters. The van der Waals surface area contributed by atoms with Crippen molar-refractivity contribution in [2.24, 2.45) is 22.7 Å². The van der Waals surface area contributed by atoms with E-state index in [1.165, 1.54) is 18.1 Å². The fraction of sp³-hybridized carbons (Fsp3) is 0.682. The summed E-state index contributed by atoms with van der Waals surface area (Å²) in [5, 5.41) is 10.9. The second-order valence-electron chi connectivity index (χ2n) is 8.81. The van der Waals surface area contributed by atoms with E-state index >= 15 is 0 Å². The van der Waals surface area contributed by atoms with Crippen LogP contribution < -0.4 is 0 Å². The van der Waals surface area contributed by atoms with E-state index in [2.05, 4.69) is 46.9 Å². The number of aliphatic hydroxyl groups excluding tert-OH is 1. The molecule has 0 spiro atoms. The highest BCUT2D eigenvalue weighted by molar-refractivity contribution is 5.66. The molecule has 0 heterocycles. The summed E-state index contributed by atoms with van der Waals surface area (Å²) in [7, 11) is 0. The number of ether oxygens (including phenoxy) is 1. The van der Waals surface area contributed by atoms with E-state index in [0.29, 0.717) is 18.3 Å². The number of carbonyl (C=O) groups is 1. The van der Waals surface area contributed by atoms with Gasteiger partial charge in [-0.1, -0.05) is 57.2 Å². The first-order valence-corrected chi connectivity index (χ1v) is 9.36. The van der Waals surface area contributed by atoms with Gasteiger partial charge in [0.2, 0.25) is 0 Å². The van der Waals surface area contributed by atoms with Gasteiger partial charge >= 0.3 is 5.97 Å². The molecular formula is C22H34O3. The van der Waals surface area contributed by atoms with Gasteiger partial charge in [-0.25, -0.2) is 0 Å². The van der Waals surface area contributed by atoms with Gasteiger partial charge in [0.15, 0.2) is 0 Å². The minimum Gasteiger partial charge on any atom is -0.460 e. The fourth-order valence-corrected chi connectivity index (χ4v) is 5.42. The van der Waals surface area contributed by atoms with Gasteiger partial charge < -0.3 is 9.84 Å². The second kappa shape index (κ2) is 7.11. The molecule has 2 aliphatic rings.